The second-order valence-corrected chi connectivity index (χ2v) is 16.4. The maximum Gasteiger partial charge on any atom is 0.267 e. The van der Waals surface area contributed by atoms with Gasteiger partial charge in [-0.25, -0.2) is 28.7 Å². The van der Waals surface area contributed by atoms with E-state index >= 15 is 0 Å². The van der Waals surface area contributed by atoms with E-state index in [1.165, 1.54) is 22.2 Å². The van der Waals surface area contributed by atoms with E-state index in [2.05, 4.69) is 53.8 Å². The molecule has 0 spiro atoms. The second kappa shape index (κ2) is 8.41. The van der Waals surface area contributed by atoms with Crippen LogP contribution in [-0.4, -0.2) is 53.2 Å². The molecule has 0 saturated carbocycles. The van der Waals surface area contributed by atoms with Crippen LogP contribution in [0.15, 0.2) is 12.4 Å². The van der Waals surface area contributed by atoms with Gasteiger partial charge in [-0.3, -0.25) is 9.69 Å². The lowest BCUT2D eigenvalue weighted by Crippen LogP contribution is -2.40. The Hall–Kier alpha value is -2.24. The van der Waals surface area contributed by atoms with Crippen molar-refractivity contribution in [1.29, 1.82) is 0 Å². The minimum absolute atomic E-state index is 0.00983. The maximum atomic E-state index is 13.6. The van der Waals surface area contributed by atoms with Crippen LogP contribution in [-0.2, 0) is 21.2 Å². The van der Waals surface area contributed by atoms with Crippen LogP contribution in [0.4, 0.5) is 26.2 Å². The molecule has 1 amide bonds. The van der Waals surface area contributed by atoms with E-state index in [9.17, 15) is 13.6 Å². The Labute approximate surface area is 210 Å². The van der Waals surface area contributed by atoms with Gasteiger partial charge in [-0.1, -0.05) is 32.4 Å². The molecule has 12 heteroatoms. The molecule has 2 aliphatic rings. The van der Waals surface area contributed by atoms with Crippen LogP contribution in [0, 0.1) is 0 Å². The molecule has 4 rings (SSSR count). The van der Waals surface area contributed by atoms with Crippen LogP contribution in [0.3, 0.4) is 0 Å². The highest BCUT2D eigenvalue weighted by atomic mass is 35.5. The number of fused-ring (bicyclic) bond motifs is 1. The molecule has 0 aliphatic carbocycles. The Kier molecular flexibility index (Phi) is 6.21. The molecule has 0 radical (unpaired) electrons. The molecule has 0 N–H and O–H groups in total. The zero-order valence-corrected chi connectivity index (χ0v) is 22.9. The van der Waals surface area contributed by atoms with E-state index in [0.717, 1.165) is 0 Å². The van der Waals surface area contributed by atoms with E-state index < -0.39 is 26.2 Å². The number of nitrogens with zero attached hydrogens (tertiary/aromatic N) is 6. The predicted molar refractivity (Wildman–Crippen MR) is 133 cm³/mol. The molecule has 1 fully saturated rings. The van der Waals surface area contributed by atoms with Crippen LogP contribution >= 0.6 is 11.6 Å². The minimum atomic E-state index is -2.76. The second-order valence-electron chi connectivity index (χ2n) is 11.2. The van der Waals surface area contributed by atoms with Crippen LogP contribution in [0.5, 0.6) is 0 Å². The van der Waals surface area contributed by atoms with Crippen molar-refractivity contribution in [3.63, 3.8) is 0 Å². The predicted octanol–water partition coefficient (Wildman–Crippen LogP) is 5.24. The zero-order valence-electron chi connectivity index (χ0n) is 21.1. The van der Waals surface area contributed by atoms with Gasteiger partial charge in [0, 0.05) is 18.5 Å². The van der Waals surface area contributed by atoms with Crippen molar-refractivity contribution in [2.24, 2.45) is 0 Å². The largest absolute Gasteiger partial charge is 0.409 e. The molecule has 0 aromatic carbocycles. The van der Waals surface area contributed by atoms with E-state index in [0.29, 0.717) is 22.9 Å². The molecule has 4 heterocycles. The number of alkyl halides is 2. The summed E-state index contributed by atoms with van der Waals surface area (Å²) >= 11 is 6.57. The summed E-state index contributed by atoms with van der Waals surface area (Å²) in [6.45, 7) is 14.1. The summed E-state index contributed by atoms with van der Waals surface area (Å²) in [6, 6.07) is 0. The average Bonchev–Trinajstić information content (AvgIpc) is 3.20. The number of amides is 1. The van der Waals surface area contributed by atoms with Crippen molar-refractivity contribution in [2.75, 3.05) is 22.9 Å². The highest BCUT2D eigenvalue weighted by Gasteiger charge is 2.49. The summed E-state index contributed by atoms with van der Waals surface area (Å²) in [4.78, 5) is 33.9. The van der Waals surface area contributed by atoms with E-state index in [1.54, 1.807) is 13.8 Å². The number of anilines is 3. The van der Waals surface area contributed by atoms with Gasteiger partial charge in [-0.05, 0) is 32.0 Å². The monoisotopic (exact) mass is 524 g/mol. The van der Waals surface area contributed by atoms with Gasteiger partial charge < -0.3 is 9.33 Å². The summed E-state index contributed by atoms with van der Waals surface area (Å²) in [5.74, 6) is -2.08. The van der Waals surface area contributed by atoms with E-state index in [-0.39, 0.29) is 41.6 Å². The summed E-state index contributed by atoms with van der Waals surface area (Å²) in [5.41, 5.74) is -0.0768. The number of rotatable bonds is 5. The first-order chi connectivity index (χ1) is 16.0. The van der Waals surface area contributed by atoms with Crippen molar-refractivity contribution < 1.29 is 18.0 Å². The summed E-state index contributed by atoms with van der Waals surface area (Å²) in [7, 11) is -2.06. The molecule has 0 bridgehead atoms. The lowest BCUT2D eigenvalue weighted by atomic mass is 9.88. The smallest absolute Gasteiger partial charge is 0.267 e. The molecule has 190 valence electrons. The van der Waals surface area contributed by atoms with E-state index in [1.807, 2.05) is 0 Å². The van der Waals surface area contributed by atoms with Gasteiger partial charge in [0.2, 0.25) is 11.9 Å². The number of carbonyl (C=O) groups is 1. The van der Waals surface area contributed by atoms with Crippen LogP contribution in [0.2, 0.25) is 23.3 Å². The normalized spacial score (nSPS) is 19.4. The molecule has 2 aromatic heterocycles. The molecular weight excluding hydrogens is 494 g/mol. The highest BCUT2D eigenvalue weighted by Crippen LogP contribution is 2.47. The summed E-state index contributed by atoms with van der Waals surface area (Å²) < 4.78 is 33.5. The number of hydrogen-bond donors (Lipinski definition) is 0. The Balaban J connectivity index is 1.66. The molecular formula is C23H31ClF2N6O2Si. The summed E-state index contributed by atoms with van der Waals surface area (Å²) in [6.07, 6.45) is 2.66. The maximum absolute atomic E-state index is 13.6. The Morgan fingerprint density at radius 2 is 1.80 bits per heavy atom. The lowest BCUT2D eigenvalue weighted by molar-refractivity contribution is -0.121. The van der Waals surface area contributed by atoms with Crippen LogP contribution < -0.4 is 9.80 Å². The van der Waals surface area contributed by atoms with Gasteiger partial charge in [-0.2, -0.15) is 0 Å². The van der Waals surface area contributed by atoms with Gasteiger partial charge in [0.05, 0.1) is 36.6 Å². The SMILES string of the molecule is CC1(C)C(=O)N(c2cnc(N3CCC(F)(F)C3)nc2)c2nc(CO[Si](C)(C)C(C)(C)C)nc(Cl)c21. The lowest BCUT2D eigenvalue weighted by Gasteiger charge is -2.35. The van der Waals surface area contributed by atoms with Gasteiger partial charge in [0.1, 0.15) is 11.0 Å². The first kappa shape index (κ1) is 25.8. The van der Waals surface area contributed by atoms with Gasteiger partial charge in [0.25, 0.3) is 5.92 Å². The summed E-state index contributed by atoms with van der Waals surface area (Å²) in [5, 5.41) is 0.206. The topological polar surface area (TPSA) is 84.3 Å². The van der Waals surface area contributed by atoms with Crippen molar-refractivity contribution in [3.05, 3.63) is 28.9 Å². The fourth-order valence-corrected chi connectivity index (χ4v) is 5.25. The van der Waals surface area contributed by atoms with Gasteiger partial charge in [0.15, 0.2) is 14.1 Å². The zero-order chi connectivity index (χ0) is 26.0. The molecule has 2 aromatic rings. The highest BCUT2D eigenvalue weighted by molar-refractivity contribution is 6.74. The van der Waals surface area contributed by atoms with Crippen molar-refractivity contribution in [1.82, 2.24) is 19.9 Å². The fourth-order valence-electron chi connectivity index (χ4n) is 3.91. The first-order valence-corrected chi connectivity index (χ1v) is 14.8. The molecule has 1 saturated heterocycles. The Morgan fingerprint density at radius 1 is 1.17 bits per heavy atom. The third-order valence-electron chi connectivity index (χ3n) is 7.17. The molecule has 2 aliphatic heterocycles. The average molecular weight is 525 g/mol. The van der Waals surface area contributed by atoms with E-state index in [4.69, 9.17) is 16.0 Å². The van der Waals surface area contributed by atoms with Crippen molar-refractivity contribution in [2.45, 2.75) is 77.1 Å². The van der Waals surface area contributed by atoms with Crippen LogP contribution in [0.1, 0.15) is 52.4 Å². The number of hydrogen-bond acceptors (Lipinski definition) is 7. The number of carbonyl (C=O) groups excluding carboxylic acids is 1. The van der Waals surface area contributed by atoms with Crippen LogP contribution in [0.25, 0.3) is 0 Å². The van der Waals surface area contributed by atoms with Crippen molar-refractivity contribution in [3.8, 4) is 0 Å². The first-order valence-electron chi connectivity index (χ1n) is 11.5. The molecule has 8 nitrogen and oxygen atoms in total. The standard InChI is InChI=1S/C23H31ClF2N6O2Si/c1-21(2,3)35(6,7)34-12-15-29-17(24)16-18(30-15)32(19(33)22(16,4)5)14-10-27-20(28-11-14)31-9-8-23(25,26)13-31/h10-11H,8-9,12-13H2,1-7H3. The quantitative estimate of drug-likeness (QED) is 0.390. The molecule has 35 heavy (non-hydrogen) atoms. The van der Waals surface area contributed by atoms with Gasteiger partial charge >= 0.3 is 0 Å². The third kappa shape index (κ3) is 4.65. The molecule has 0 unspecified atom stereocenters. The third-order valence-corrected chi connectivity index (χ3v) is 11.9. The Morgan fingerprint density at radius 3 is 2.34 bits per heavy atom. The number of halogens is 3. The fraction of sp³-hybridized carbons (Fsp3) is 0.609. The Bertz CT molecular complexity index is 1150. The minimum Gasteiger partial charge on any atom is -0.409 e. The van der Waals surface area contributed by atoms with Crippen molar-refractivity contribution >= 4 is 43.3 Å². The molecule has 0 atom stereocenters. The number of aromatic nitrogens is 4. The van der Waals surface area contributed by atoms with Gasteiger partial charge in [-0.15, -0.1) is 0 Å².